The Morgan fingerprint density at radius 2 is 1.86 bits per heavy atom. The number of carbonyl (C=O) groups is 2. The number of aromatic nitrogens is 4. The third kappa shape index (κ3) is 2.81. The summed E-state index contributed by atoms with van der Waals surface area (Å²) >= 11 is 0. The molecule has 3 amide bonds. The summed E-state index contributed by atoms with van der Waals surface area (Å²) in [5.41, 5.74) is 1.70. The van der Waals surface area contributed by atoms with Crippen molar-refractivity contribution in [2.75, 3.05) is 18.0 Å². The summed E-state index contributed by atoms with van der Waals surface area (Å²) in [6.45, 7) is 1.59. The molecule has 0 radical (unpaired) electrons. The van der Waals surface area contributed by atoms with Gasteiger partial charge in [0.25, 0.3) is 5.91 Å². The number of imidazole rings is 1. The van der Waals surface area contributed by atoms with Crippen LogP contribution in [0.4, 0.5) is 10.7 Å². The summed E-state index contributed by atoms with van der Waals surface area (Å²) < 4.78 is 1.88. The molecule has 1 spiro atoms. The number of rotatable bonds is 3. The van der Waals surface area contributed by atoms with Gasteiger partial charge in [0.1, 0.15) is 11.1 Å². The third-order valence-corrected chi connectivity index (χ3v) is 5.93. The highest BCUT2D eigenvalue weighted by Crippen LogP contribution is 2.35. The lowest BCUT2D eigenvalue weighted by Crippen LogP contribution is -2.56. The number of piperidine rings is 1. The largest absolute Gasteiger partial charge is 0.341 e. The molecule has 0 atom stereocenters. The maximum atomic E-state index is 12.7. The summed E-state index contributed by atoms with van der Waals surface area (Å²) in [6, 6.07) is 9.42. The van der Waals surface area contributed by atoms with Crippen LogP contribution in [0, 0.1) is 0 Å². The number of nitrogens with one attached hydrogen (secondary N) is 1. The van der Waals surface area contributed by atoms with Crippen LogP contribution in [0.1, 0.15) is 18.4 Å². The second kappa shape index (κ2) is 6.54. The van der Waals surface area contributed by atoms with Crippen molar-refractivity contribution in [3.05, 3.63) is 48.4 Å². The molecular weight excluding hydrogens is 370 g/mol. The summed E-state index contributed by atoms with van der Waals surface area (Å²) in [7, 11) is 1.90. The van der Waals surface area contributed by atoms with Gasteiger partial charge in [-0.15, -0.1) is 0 Å². The van der Waals surface area contributed by atoms with E-state index < -0.39 is 5.54 Å². The Bertz CT molecular complexity index is 1090. The van der Waals surface area contributed by atoms with Crippen molar-refractivity contribution in [2.45, 2.75) is 24.9 Å². The zero-order valence-corrected chi connectivity index (χ0v) is 16.1. The number of benzene rings is 1. The lowest BCUT2D eigenvalue weighted by Gasteiger charge is -2.42. The minimum Gasteiger partial charge on any atom is -0.341 e. The second-order valence-electron chi connectivity index (χ2n) is 7.58. The first-order chi connectivity index (χ1) is 14.1. The number of aryl methyl sites for hydroxylation is 1. The molecule has 148 valence electrons. The molecule has 0 aliphatic carbocycles. The fourth-order valence-corrected chi connectivity index (χ4v) is 4.22. The molecule has 5 rings (SSSR count). The van der Waals surface area contributed by atoms with Crippen molar-refractivity contribution < 1.29 is 9.59 Å². The first-order valence-corrected chi connectivity index (χ1v) is 9.63. The molecule has 2 saturated heterocycles. The molecule has 1 N–H and O–H groups in total. The highest BCUT2D eigenvalue weighted by molar-refractivity contribution is 6.07. The Morgan fingerprint density at radius 3 is 2.62 bits per heavy atom. The second-order valence-corrected chi connectivity index (χ2v) is 7.58. The van der Waals surface area contributed by atoms with E-state index >= 15 is 0 Å². The lowest BCUT2D eigenvalue weighted by atomic mass is 9.86. The van der Waals surface area contributed by atoms with Gasteiger partial charge in [0.05, 0.1) is 12.5 Å². The number of urea groups is 1. The number of fused-ring (bicyclic) bond motifs is 1. The molecule has 2 aliphatic heterocycles. The molecule has 0 unspecified atom stereocenters. The maximum Gasteiger partial charge on any atom is 0.325 e. The molecule has 29 heavy (non-hydrogen) atoms. The summed E-state index contributed by atoms with van der Waals surface area (Å²) in [5, 5.41) is 2.51. The number of nitrogens with zero attached hydrogens (tertiary/aromatic N) is 6. The molecule has 2 aromatic heterocycles. The summed E-state index contributed by atoms with van der Waals surface area (Å²) in [6.07, 6.45) is 4.54. The molecule has 4 heterocycles. The Labute approximate surface area is 167 Å². The fraction of sp³-hybridized carbons (Fsp3) is 0.350. The van der Waals surface area contributed by atoms with Crippen molar-refractivity contribution in [3.63, 3.8) is 0 Å². The number of amides is 3. The normalized spacial score (nSPS) is 18.7. The molecule has 9 nitrogen and oxygen atoms in total. The van der Waals surface area contributed by atoms with Gasteiger partial charge >= 0.3 is 6.03 Å². The SMILES string of the molecule is Cn1cnc2nc(N3CCC4(CC3)C(=O)NC(=O)N4Cc3ccccc3)ncc21. The van der Waals surface area contributed by atoms with E-state index in [2.05, 4.69) is 25.2 Å². The first-order valence-electron chi connectivity index (χ1n) is 9.63. The summed E-state index contributed by atoms with van der Waals surface area (Å²) in [4.78, 5) is 42.3. The minimum absolute atomic E-state index is 0.209. The minimum atomic E-state index is -0.821. The number of imide groups is 1. The standard InChI is InChI=1S/C20H21N7O2/c1-25-13-22-16-15(25)11-21-18(23-16)26-9-7-20(8-10-26)17(28)24-19(29)27(20)12-14-5-3-2-4-6-14/h2-6,11,13H,7-10,12H2,1H3,(H,24,28,29). The van der Waals surface area contributed by atoms with Crippen LogP contribution in [0.3, 0.4) is 0 Å². The Hall–Kier alpha value is -3.49. The van der Waals surface area contributed by atoms with Crippen LogP contribution in [0.2, 0.25) is 0 Å². The van der Waals surface area contributed by atoms with Crippen LogP contribution >= 0.6 is 0 Å². The lowest BCUT2D eigenvalue weighted by molar-refractivity contribution is -0.127. The van der Waals surface area contributed by atoms with Crippen LogP contribution in [-0.2, 0) is 18.4 Å². The van der Waals surface area contributed by atoms with Crippen molar-refractivity contribution >= 4 is 29.1 Å². The monoisotopic (exact) mass is 391 g/mol. The molecular formula is C20H21N7O2. The van der Waals surface area contributed by atoms with E-state index in [-0.39, 0.29) is 11.9 Å². The van der Waals surface area contributed by atoms with Gasteiger partial charge in [0.2, 0.25) is 5.95 Å². The highest BCUT2D eigenvalue weighted by Gasteiger charge is 2.54. The zero-order chi connectivity index (χ0) is 20.0. The smallest absolute Gasteiger partial charge is 0.325 e. The van der Waals surface area contributed by atoms with E-state index in [0.717, 1.165) is 11.1 Å². The molecule has 2 aliphatic rings. The summed E-state index contributed by atoms with van der Waals surface area (Å²) in [5.74, 6) is 0.393. The predicted molar refractivity (Wildman–Crippen MR) is 106 cm³/mol. The van der Waals surface area contributed by atoms with Gasteiger partial charge in [0, 0.05) is 26.7 Å². The molecule has 9 heteroatoms. The number of anilines is 1. The number of hydrogen-bond donors (Lipinski definition) is 1. The third-order valence-electron chi connectivity index (χ3n) is 5.93. The van der Waals surface area contributed by atoms with Gasteiger partial charge in [-0.3, -0.25) is 10.1 Å². The molecule has 0 bridgehead atoms. The molecule has 3 aromatic rings. The van der Waals surface area contributed by atoms with Crippen LogP contribution in [0.25, 0.3) is 11.2 Å². The van der Waals surface area contributed by atoms with E-state index in [9.17, 15) is 9.59 Å². The van der Waals surface area contributed by atoms with Crippen molar-refractivity contribution in [2.24, 2.45) is 7.05 Å². The van der Waals surface area contributed by atoms with Gasteiger partial charge in [-0.05, 0) is 18.4 Å². The van der Waals surface area contributed by atoms with Crippen LogP contribution in [0.5, 0.6) is 0 Å². The fourth-order valence-electron chi connectivity index (χ4n) is 4.22. The van der Waals surface area contributed by atoms with Crippen molar-refractivity contribution in [1.29, 1.82) is 0 Å². The van der Waals surface area contributed by atoms with E-state index in [0.29, 0.717) is 44.1 Å². The number of carbonyl (C=O) groups excluding carboxylic acids is 2. The van der Waals surface area contributed by atoms with E-state index in [4.69, 9.17) is 0 Å². The van der Waals surface area contributed by atoms with Gasteiger partial charge in [-0.25, -0.2) is 14.8 Å². The Balaban J connectivity index is 1.37. The Kier molecular flexibility index (Phi) is 3.97. The van der Waals surface area contributed by atoms with Gasteiger partial charge in [-0.1, -0.05) is 30.3 Å². The van der Waals surface area contributed by atoms with Gasteiger partial charge in [-0.2, -0.15) is 4.98 Å². The average Bonchev–Trinajstić information content (AvgIpc) is 3.22. The van der Waals surface area contributed by atoms with Crippen LogP contribution < -0.4 is 10.2 Å². The molecule has 1 aromatic carbocycles. The quantitative estimate of drug-likeness (QED) is 0.679. The number of hydrogen-bond acceptors (Lipinski definition) is 6. The topological polar surface area (TPSA) is 96.2 Å². The van der Waals surface area contributed by atoms with Crippen LogP contribution in [-0.4, -0.2) is 55.0 Å². The van der Waals surface area contributed by atoms with Gasteiger partial charge < -0.3 is 14.4 Å². The van der Waals surface area contributed by atoms with E-state index in [1.165, 1.54) is 0 Å². The van der Waals surface area contributed by atoms with Gasteiger partial charge in [0.15, 0.2) is 5.65 Å². The predicted octanol–water partition coefficient (Wildman–Crippen LogP) is 1.45. The Morgan fingerprint density at radius 1 is 1.10 bits per heavy atom. The molecule has 2 fully saturated rings. The van der Waals surface area contributed by atoms with E-state index in [1.807, 2.05) is 41.9 Å². The maximum absolute atomic E-state index is 12.7. The van der Waals surface area contributed by atoms with E-state index in [1.54, 1.807) is 17.4 Å². The first kappa shape index (κ1) is 17.6. The molecule has 0 saturated carbocycles. The van der Waals surface area contributed by atoms with Crippen molar-refractivity contribution in [1.82, 2.24) is 29.7 Å². The average molecular weight is 391 g/mol. The highest BCUT2D eigenvalue weighted by atomic mass is 16.2. The van der Waals surface area contributed by atoms with Crippen molar-refractivity contribution in [3.8, 4) is 0 Å². The van der Waals surface area contributed by atoms with Crippen LogP contribution in [0.15, 0.2) is 42.9 Å². The zero-order valence-electron chi connectivity index (χ0n) is 16.1.